The first-order valence-corrected chi connectivity index (χ1v) is 16.4. The number of hydrogen-bond donors (Lipinski definition) is 0. The Kier molecular flexibility index (Phi) is 4.99. The number of aromatic nitrogens is 2. The molecule has 0 spiro atoms. The number of fused-ring (bicyclic) bond motifs is 11. The Hall–Kier alpha value is -6.45. The van der Waals surface area contributed by atoms with E-state index in [1.165, 1.54) is 43.4 Å². The Bertz CT molecular complexity index is 3150. The molecule has 3 aromatic heterocycles. The number of nitrogens with zero attached hydrogens (tertiary/aromatic N) is 2. The van der Waals surface area contributed by atoms with E-state index in [1.807, 2.05) is 28.7 Å². The molecule has 0 bridgehead atoms. The van der Waals surface area contributed by atoms with E-state index in [0.717, 1.165) is 54.8 Å². The van der Waals surface area contributed by atoms with Crippen molar-refractivity contribution >= 4 is 81.3 Å². The van der Waals surface area contributed by atoms with E-state index >= 15 is 0 Å². The first-order valence-electron chi connectivity index (χ1n) is 16.4. The summed E-state index contributed by atoms with van der Waals surface area (Å²) in [5.74, 6) is 0. The highest BCUT2D eigenvalue weighted by atomic mass is 16.1. The van der Waals surface area contributed by atoms with Crippen molar-refractivity contribution in [1.29, 1.82) is 0 Å². The highest BCUT2D eigenvalue weighted by Gasteiger charge is 2.20. The van der Waals surface area contributed by atoms with Crippen LogP contribution < -0.4 is 5.56 Å². The molecule has 222 valence electrons. The molecule has 0 unspecified atom stereocenters. The van der Waals surface area contributed by atoms with Gasteiger partial charge in [-0.2, -0.15) is 0 Å². The fraction of sp³-hybridized carbons (Fsp3) is 0. The van der Waals surface area contributed by atoms with E-state index in [9.17, 15) is 4.79 Å². The summed E-state index contributed by atoms with van der Waals surface area (Å²) in [7, 11) is 0. The normalized spacial score (nSPS) is 12.2. The molecule has 0 radical (unpaired) electrons. The largest absolute Gasteiger partial charge is 0.309 e. The molecule has 3 heteroatoms. The minimum atomic E-state index is 0.0324. The quantitative estimate of drug-likeness (QED) is 0.179. The molecule has 0 atom stereocenters. The molecule has 11 aromatic rings. The van der Waals surface area contributed by atoms with Gasteiger partial charge in [0.05, 0.1) is 22.1 Å². The molecule has 0 N–H and O–H groups in total. The standard InChI is InChI=1S/C45H26N2O/c48-45-37-12-2-1-9-33(37)36-24-23-32(43-38-13-5-8-16-42(38)47(45)44(36)43)29-20-18-27-17-19-28-25-30(21-22-31(28)39(27)26-29)46-40-14-6-3-10-34(40)35-11-4-7-15-41(35)46/h1-26H. The summed E-state index contributed by atoms with van der Waals surface area (Å²) in [6, 6.07) is 56.1. The van der Waals surface area contributed by atoms with Crippen LogP contribution in [0.4, 0.5) is 0 Å². The van der Waals surface area contributed by atoms with Crippen molar-refractivity contribution in [3.63, 3.8) is 0 Å². The third-order valence-corrected chi connectivity index (χ3v) is 10.4. The summed E-state index contributed by atoms with van der Waals surface area (Å²) < 4.78 is 4.31. The zero-order valence-electron chi connectivity index (χ0n) is 25.8. The zero-order valence-corrected chi connectivity index (χ0v) is 25.8. The Morgan fingerprint density at radius 2 is 1.00 bits per heavy atom. The van der Waals surface area contributed by atoms with Gasteiger partial charge in [-0.3, -0.25) is 9.20 Å². The predicted octanol–water partition coefficient (Wildman–Crippen LogP) is 11.3. The minimum Gasteiger partial charge on any atom is -0.309 e. The van der Waals surface area contributed by atoms with Gasteiger partial charge >= 0.3 is 0 Å². The summed E-state index contributed by atoms with van der Waals surface area (Å²) in [5, 5.41) is 12.4. The lowest BCUT2D eigenvalue weighted by molar-refractivity contribution is 1.19. The molecular weight excluding hydrogens is 585 g/mol. The van der Waals surface area contributed by atoms with Gasteiger partial charge in [0, 0.05) is 38.0 Å². The van der Waals surface area contributed by atoms with Crippen LogP contribution in [0, 0.1) is 0 Å². The number of para-hydroxylation sites is 3. The third kappa shape index (κ3) is 3.30. The molecule has 8 aromatic carbocycles. The van der Waals surface area contributed by atoms with Crippen molar-refractivity contribution in [3.05, 3.63) is 168 Å². The first-order chi connectivity index (χ1) is 23.7. The highest BCUT2D eigenvalue weighted by molar-refractivity contribution is 6.25. The van der Waals surface area contributed by atoms with Gasteiger partial charge in [0.1, 0.15) is 0 Å². The summed E-state index contributed by atoms with van der Waals surface area (Å²) >= 11 is 0. The van der Waals surface area contributed by atoms with E-state index in [2.05, 4.69) is 138 Å². The van der Waals surface area contributed by atoms with Gasteiger partial charge < -0.3 is 4.57 Å². The zero-order chi connectivity index (χ0) is 31.5. The second-order valence-corrected chi connectivity index (χ2v) is 12.9. The lowest BCUT2D eigenvalue weighted by atomic mass is 9.93. The Morgan fingerprint density at radius 3 is 1.77 bits per heavy atom. The fourth-order valence-electron chi connectivity index (χ4n) is 8.35. The topological polar surface area (TPSA) is 26.4 Å². The predicted molar refractivity (Wildman–Crippen MR) is 202 cm³/mol. The molecule has 0 amide bonds. The van der Waals surface area contributed by atoms with Gasteiger partial charge in [-0.15, -0.1) is 0 Å². The van der Waals surface area contributed by atoms with Crippen LogP contribution >= 0.6 is 0 Å². The van der Waals surface area contributed by atoms with Crippen molar-refractivity contribution in [1.82, 2.24) is 8.97 Å². The smallest absolute Gasteiger partial charge is 0.263 e. The molecule has 0 fully saturated rings. The molecular formula is C45H26N2O. The lowest BCUT2D eigenvalue weighted by Gasteiger charge is -2.13. The van der Waals surface area contributed by atoms with E-state index in [4.69, 9.17) is 0 Å². The van der Waals surface area contributed by atoms with E-state index in [1.54, 1.807) is 0 Å². The Balaban J connectivity index is 1.17. The van der Waals surface area contributed by atoms with Crippen LogP contribution in [0.15, 0.2) is 163 Å². The van der Waals surface area contributed by atoms with E-state index in [0.29, 0.717) is 0 Å². The summed E-state index contributed by atoms with van der Waals surface area (Å²) in [6.07, 6.45) is 0. The summed E-state index contributed by atoms with van der Waals surface area (Å²) in [4.78, 5) is 14.0. The first kappa shape index (κ1) is 25.7. The van der Waals surface area contributed by atoms with Crippen LogP contribution in [0.3, 0.4) is 0 Å². The van der Waals surface area contributed by atoms with Gasteiger partial charge in [0.25, 0.3) is 5.56 Å². The van der Waals surface area contributed by atoms with Crippen LogP contribution in [0.25, 0.3) is 98.1 Å². The molecule has 11 rings (SSSR count). The summed E-state index contributed by atoms with van der Waals surface area (Å²) in [6.45, 7) is 0. The van der Waals surface area contributed by atoms with Crippen LogP contribution in [0.1, 0.15) is 0 Å². The SMILES string of the molecule is O=c1c2ccccc2c2ccc(-c3ccc4ccc5cc(-n6c7ccccc7c7ccccc76)ccc5c4c3)c3c4ccccc4n1c23. The molecule has 0 aliphatic carbocycles. The number of benzene rings is 8. The highest BCUT2D eigenvalue weighted by Crippen LogP contribution is 2.42. The molecule has 48 heavy (non-hydrogen) atoms. The van der Waals surface area contributed by atoms with Gasteiger partial charge in [-0.05, 0) is 80.5 Å². The van der Waals surface area contributed by atoms with Crippen LogP contribution in [-0.2, 0) is 0 Å². The van der Waals surface area contributed by atoms with Crippen molar-refractivity contribution in [3.8, 4) is 16.8 Å². The maximum atomic E-state index is 14.0. The van der Waals surface area contributed by atoms with Crippen molar-refractivity contribution in [2.75, 3.05) is 0 Å². The van der Waals surface area contributed by atoms with Gasteiger partial charge in [-0.1, -0.05) is 115 Å². The molecule has 0 saturated carbocycles. The molecule has 0 aliphatic rings. The molecule has 3 nitrogen and oxygen atoms in total. The number of rotatable bonds is 2. The molecule has 0 aliphatic heterocycles. The van der Waals surface area contributed by atoms with E-state index in [-0.39, 0.29) is 5.56 Å². The van der Waals surface area contributed by atoms with Crippen LogP contribution in [0.5, 0.6) is 0 Å². The van der Waals surface area contributed by atoms with E-state index < -0.39 is 0 Å². The molecule has 3 heterocycles. The maximum Gasteiger partial charge on any atom is 0.263 e. The monoisotopic (exact) mass is 610 g/mol. The Labute approximate surface area is 274 Å². The van der Waals surface area contributed by atoms with Crippen molar-refractivity contribution < 1.29 is 0 Å². The van der Waals surface area contributed by atoms with Gasteiger partial charge in [-0.25, -0.2) is 0 Å². The second kappa shape index (κ2) is 9.31. The maximum absolute atomic E-state index is 14.0. The molecule has 0 saturated heterocycles. The number of pyridine rings is 1. The minimum absolute atomic E-state index is 0.0324. The third-order valence-electron chi connectivity index (χ3n) is 10.4. The number of hydrogen-bond acceptors (Lipinski definition) is 1. The van der Waals surface area contributed by atoms with Crippen LogP contribution in [0.2, 0.25) is 0 Å². The van der Waals surface area contributed by atoms with Crippen molar-refractivity contribution in [2.24, 2.45) is 0 Å². The summed E-state index contributed by atoms with van der Waals surface area (Å²) in [5.41, 5.74) is 7.82. The average Bonchev–Trinajstić information content (AvgIpc) is 3.67. The lowest BCUT2D eigenvalue weighted by Crippen LogP contribution is -2.12. The fourth-order valence-corrected chi connectivity index (χ4v) is 8.35. The Morgan fingerprint density at radius 1 is 0.396 bits per heavy atom. The van der Waals surface area contributed by atoms with Gasteiger partial charge in [0.2, 0.25) is 0 Å². The van der Waals surface area contributed by atoms with Crippen LogP contribution in [-0.4, -0.2) is 8.97 Å². The van der Waals surface area contributed by atoms with Crippen molar-refractivity contribution in [2.45, 2.75) is 0 Å². The second-order valence-electron chi connectivity index (χ2n) is 12.9. The van der Waals surface area contributed by atoms with Gasteiger partial charge in [0.15, 0.2) is 0 Å². The average molecular weight is 611 g/mol.